The topological polar surface area (TPSA) is 22.0 Å². The van der Waals surface area contributed by atoms with Crippen molar-refractivity contribution >= 4 is 22.8 Å². The van der Waals surface area contributed by atoms with Gasteiger partial charge in [-0.25, -0.2) is 0 Å². The number of fused-ring (bicyclic) bond motifs is 2. The van der Waals surface area contributed by atoms with Crippen molar-refractivity contribution in [1.29, 1.82) is 0 Å². The van der Waals surface area contributed by atoms with E-state index in [1.54, 1.807) is 0 Å². The molecule has 0 aliphatic heterocycles. The lowest BCUT2D eigenvalue weighted by Crippen LogP contribution is -1.98. The third-order valence-corrected chi connectivity index (χ3v) is 4.78. The number of hydrogen-bond donors (Lipinski definition) is 0. The highest BCUT2D eigenvalue weighted by Crippen LogP contribution is 2.32. The molecular formula is C22H17NO. The fraction of sp³-hybridized carbons (Fsp3) is 0.136. The van der Waals surface area contributed by atoms with E-state index in [1.807, 2.05) is 42.5 Å². The van der Waals surface area contributed by atoms with Gasteiger partial charge in [-0.3, -0.25) is 4.79 Å². The molecule has 2 aromatic carbocycles. The smallest absolute Gasteiger partial charge is 0.189 e. The van der Waals surface area contributed by atoms with Gasteiger partial charge in [-0.1, -0.05) is 48.4 Å². The van der Waals surface area contributed by atoms with E-state index in [1.165, 1.54) is 0 Å². The second-order valence-electron chi connectivity index (χ2n) is 6.14. The average molecular weight is 311 g/mol. The molecule has 0 bridgehead atoms. The molecule has 24 heavy (non-hydrogen) atoms. The van der Waals surface area contributed by atoms with Crippen molar-refractivity contribution in [1.82, 2.24) is 4.57 Å². The van der Waals surface area contributed by atoms with Crippen molar-refractivity contribution in [3.8, 4) is 12.3 Å². The van der Waals surface area contributed by atoms with Gasteiger partial charge in [0.15, 0.2) is 5.78 Å². The number of Topliss-reactive ketones (excluding diaryl/α,β-unsaturated/α-hetero) is 1. The van der Waals surface area contributed by atoms with Crippen molar-refractivity contribution in [3.05, 3.63) is 76.5 Å². The molecule has 2 nitrogen and oxygen atoms in total. The monoisotopic (exact) mass is 311 g/mol. The van der Waals surface area contributed by atoms with Crippen LogP contribution in [0.15, 0.2) is 54.1 Å². The molecule has 0 amide bonds. The number of benzene rings is 2. The summed E-state index contributed by atoms with van der Waals surface area (Å²) in [6, 6.07) is 16.1. The Kier molecular flexibility index (Phi) is 3.36. The second-order valence-corrected chi connectivity index (χ2v) is 6.14. The summed E-state index contributed by atoms with van der Waals surface area (Å²) in [5.74, 6) is 2.86. The standard InChI is InChI=1S/C22H17NO/c1-3-12-23-15(2)20(19-10-6-7-11-21(19)23)14-17-13-16-8-4-5-9-18(16)22(17)24/h1,4-11,14H,12-13H2,2H3/b17-14+. The van der Waals surface area contributed by atoms with E-state index in [4.69, 9.17) is 6.42 Å². The Labute approximate surface area is 141 Å². The summed E-state index contributed by atoms with van der Waals surface area (Å²) in [6.07, 6.45) is 8.28. The predicted molar refractivity (Wildman–Crippen MR) is 98.0 cm³/mol. The molecule has 0 fully saturated rings. The molecule has 2 heteroatoms. The van der Waals surface area contributed by atoms with Crippen LogP contribution in [0.4, 0.5) is 0 Å². The number of allylic oxidation sites excluding steroid dienone is 1. The maximum absolute atomic E-state index is 12.7. The van der Waals surface area contributed by atoms with Gasteiger partial charge >= 0.3 is 0 Å². The molecule has 116 valence electrons. The Bertz CT molecular complexity index is 1040. The minimum Gasteiger partial charge on any atom is -0.333 e. The van der Waals surface area contributed by atoms with Gasteiger partial charge in [0.25, 0.3) is 0 Å². The van der Waals surface area contributed by atoms with Crippen LogP contribution in [-0.2, 0) is 13.0 Å². The number of nitrogens with zero attached hydrogens (tertiary/aromatic N) is 1. The van der Waals surface area contributed by atoms with E-state index in [0.717, 1.165) is 38.9 Å². The number of aromatic nitrogens is 1. The second kappa shape index (κ2) is 5.54. The molecule has 4 rings (SSSR count). The first-order valence-electron chi connectivity index (χ1n) is 8.05. The number of ketones is 1. The third-order valence-electron chi connectivity index (χ3n) is 4.78. The van der Waals surface area contributed by atoms with Gasteiger partial charge in [0.2, 0.25) is 0 Å². The molecule has 0 spiro atoms. The molecule has 3 aromatic rings. The van der Waals surface area contributed by atoms with Gasteiger partial charge in [0.05, 0.1) is 6.54 Å². The number of carbonyl (C=O) groups is 1. The third kappa shape index (κ3) is 2.10. The number of carbonyl (C=O) groups excluding carboxylic acids is 1. The lowest BCUT2D eigenvalue weighted by Gasteiger charge is -2.03. The number of hydrogen-bond acceptors (Lipinski definition) is 1. The first-order valence-corrected chi connectivity index (χ1v) is 8.05. The van der Waals surface area contributed by atoms with Crippen molar-refractivity contribution in [2.75, 3.05) is 0 Å². The Morgan fingerprint density at radius 3 is 2.71 bits per heavy atom. The van der Waals surface area contributed by atoms with Gasteiger partial charge in [0, 0.05) is 39.7 Å². The van der Waals surface area contributed by atoms with Crippen LogP contribution in [0, 0.1) is 19.3 Å². The van der Waals surface area contributed by atoms with E-state index in [-0.39, 0.29) is 5.78 Å². The van der Waals surface area contributed by atoms with Gasteiger partial charge in [0.1, 0.15) is 0 Å². The van der Waals surface area contributed by atoms with Crippen LogP contribution in [0.5, 0.6) is 0 Å². The van der Waals surface area contributed by atoms with Crippen LogP contribution in [0.3, 0.4) is 0 Å². The molecule has 0 radical (unpaired) electrons. The minimum absolute atomic E-state index is 0.138. The van der Waals surface area contributed by atoms with Gasteiger partial charge in [-0.15, -0.1) is 6.42 Å². The SMILES string of the molecule is C#CCn1c(C)c(/C=C2\Cc3ccccc3C2=O)c2ccccc21. The summed E-state index contributed by atoms with van der Waals surface area (Å²) in [4.78, 5) is 12.7. The molecule has 0 atom stereocenters. The number of para-hydroxylation sites is 1. The highest BCUT2D eigenvalue weighted by Gasteiger charge is 2.25. The Morgan fingerprint density at radius 1 is 1.17 bits per heavy atom. The highest BCUT2D eigenvalue weighted by atomic mass is 16.1. The fourth-order valence-electron chi connectivity index (χ4n) is 3.58. The van der Waals surface area contributed by atoms with Crippen LogP contribution < -0.4 is 0 Å². The molecule has 1 aromatic heterocycles. The lowest BCUT2D eigenvalue weighted by molar-refractivity contribution is 0.104. The molecule has 1 aliphatic rings. The molecule has 0 N–H and O–H groups in total. The van der Waals surface area contributed by atoms with Crippen molar-refractivity contribution in [3.63, 3.8) is 0 Å². The lowest BCUT2D eigenvalue weighted by atomic mass is 10.0. The zero-order valence-electron chi connectivity index (χ0n) is 13.5. The summed E-state index contributed by atoms with van der Waals surface area (Å²) in [5.41, 5.74) is 6.10. The molecule has 0 unspecified atom stereocenters. The van der Waals surface area contributed by atoms with E-state index < -0.39 is 0 Å². The summed E-state index contributed by atoms with van der Waals surface area (Å²) in [5, 5.41) is 1.14. The number of rotatable bonds is 2. The molecule has 0 saturated carbocycles. The van der Waals surface area contributed by atoms with Crippen LogP contribution in [0.2, 0.25) is 0 Å². The molecular weight excluding hydrogens is 294 g/mol. The zero-order chi connectivity index (χ0) is 16.7. The molecule has 0 saturated heterocycles. The first kappa shape index (κ1) is 14.5. The zero-order valence-corrected chi connectivity index (χ0v) is 13.5. The van der Waals surface area contributed by atoms with E-state index >= 15 is 0 Å². The Balaban J connectivity index is 1.89. The molecule has 1 aliphatic carbocycles. The minimum atomic E-state index is 0.138. The van der Waals surface area contributed by atoms with Crippen LogP contribution in [0.25, 0.3) is 17.0 Å². The van der Waals surface area contributed by atoms with E-state index in [0.29, 0.717) is 13.0 Å². The van der Waals surface area contributed by atoms with Crippen molar-refractivity contribution < 1.29 is 4.79 Å². The van der Waals surface area contributed by atoms with Crippen LogP contribution in [0.1, 0.15) is 27.2 Å². The van der Waals surface area contributed by atoms with Crippen LogP contribution >= 0.6 is 0 Å². The largest absolute Gasteiger partial charge is 0.333 e. The van der Waals surface area contributed by atoms with Crippen molar-refractivity contribution in [2.24, 2.45) is 0 Å². The maximum atomic E-state index is 12.7. The molecule has 1 heterocycles. The normalized spacial score (nSPS) is 15.0. The summed E-state index contributed by atoms with van der Waals surface area (Å²) in [6.45, 7) is 2.60. The van der Waals surface area contributed by atoms with Crippen molar-refractivity contribution in [2.45, 2.75) is 19.9 Å². The van der Waals surface area contributed by atoms with Gasteiger partial charge < -0.3 is 4.57 Å². The predicted octanol–water partition coefficient (Wildman–Crippen LogP) is 4.41. The first-order chi connectivity index (χ1) is 11.7. The van der Waals surface area contributed by atoms with Crippen LogP contribution in [-0.4, -0.2) is 10.4 Å². The fourth-order valence-corrected chi connectivity index (χ4v) is 3.58. The van der Waals surface area contributed by atoms with Gasteiger partial charge in [-0.2, -0.15) is 0 Å². The highest BCUT2D eigenvalue weighted by molar-refractivity contribution is 6.16. The van der Waals surface area contributed by atoms with Gasteiger partial charge in [-0.05, 0) is 24.6 Å². The maximum Gasteiger partial charge on any atom is 0.189 e. The van der Waals surface area contributed by atoms with E-state index in [9.17, 15) is 4.79 Å². The average Bonchev–Trinajstić information content (AvgIpc) is 3.06. The Morgan fingerprint density at radius 2 is 1.92 bits per heavy atom. The summed E-state index contributed by atoms with van der Waals surface area (Å²) in [7, 11) is 0. The quantitative estimate of drug-likeness (QED) is 0.508. The number of terminal acetylenes is 1. The summed E-state index contributed by atoms with van der Waals surface area (Å²) < 4.78 is 2.13. The summed E-state index contributed by atoms with van der Waals surface area (Å²) >= 11 is 0. The van der Waals surface area contributed by atoms with E-state index in [2.05, 4.69) is 29.5 Å². The Hall–Kier alpha value is -3.05.